The summed E-state index contributed by atoms with van der Waals surface area (Å²) in [4.78, 5) is 18.2. The van der Waals surface area contributed by atoms with Gasteiger partial charge in [-0.2, -0.15) is 0 Å². The Morgan fingerprint density at radius 1 is 0.471 bits per heavy atom. The van der Waals surface area contributed by atoms with Crippen molar-refractivity contribution < 1.29 is 115 Å². The van der Waals surface area contributed by atoms with Crippen molar-refractivity contribution in [1.82, 2.24) is 0 Å². The zero-order valence-electron chi connectivity index (χ0n) is 8.12. The van der Waals surface area contributed by atoms with E-state index in [1.165, 1.54) is 0 Å². The zero-order chi connectivity index (χ0) is 5.15. The van der Waals surface area contributed by atoms with Gasteiger partial charge in [0.1, 0.15) is 0 Å². The van der Waals surface area contributed by atoms with Crippen LogP contribution < -0.4 is 0 Å². The van der Waals surface area contributed by atoms with Crippen LogP contribution in [0.3, 0.4) is 0 Å². The molecule has 17 heavy (non-hydrogen) atoms. The van der Waals surface area contributed by atoms with E-state index in [0.717, 1.165) is 0 Å². The number of hydrogen-bond donors (Lipinski definition) is 2. The Morgan fingerprint density at radius 2 is 0.529 bits per heavy atom. The summed E-state index contributed by atoms with van der Waals surface area (Å²) >= 11 is 0. The average Bonchev–Trinajstić information content (AvgIpc) is 1.36. The third-order valence-electron chi connectivity index (χ3n) is 0.183. The second-order valence-corrected chi connectivity index (χ2v) is 0.610. The Kier molecular flexibility index (Phi) is 1070. The van der Waals surface area contributed by atoms with Crippen molar-refractivity contribution in [2.24, 2.45) is 0 Å². The molecule has 0 aromatic heterocycles. The SMILES string of the molecule is O.O.O.O.O.O.O.O.O.O.O=C(O)C(=O)O.[Sm]. The molecule has 120 valence electrons. The molecule has 0 aliphatic rings. The Balaban J connectivity index is -0.00000000227. The summed E-state index contributed by atoms with van der Waals surface area (Å²) in [5.41, 5.74) is 0. The van der Waals surface area contributed by atoms with Crippen molar-refractivity contribution in [2.75, 3.05) is 0 Å². The fourth-order valence-corrected chi connectivity index (χ4v) is 0. The molecule has 0 radical (unpaired) electrons. The van der Waals surface area contributed by atoms with Gasteiger partial charge in [0.15, 0.2) is 0 Å². The van der Waals surface area contributed by atoms with Crippen LogP contribution in [-0.2, 0) is 9.59 Å². The van der Waals surface area contributed by atoms with Gasteiger partial charge in [-0.15, -0.1) is 0 Å². The first-order valence-corrected chi connectivity index (χ1v) is 1.11. The van der Waals surface area contributed by atoms with Gasteiger partial charge in [-0.25, -0.2) is 9.59 Å². The van der Waals surface area contributed by atoms with E-state index in [4.69, 9.17) is 19.8 Å². The van der Waals surface area contributed by atoms with Gasteiger partial charge in [-0.1, -0.05) is 0 Å². The molecular weight excluding hydrogens is 398 g/mol. The summed E-state index contributed by atoms with van der Waals surface area (Å²) in [6, 6.07) is 0. The van der Waals surface area contributed by atoms with E-state index < -0.39 is 11.9 Å². The number of carbonyl (C=O) groups is 2. The summed E-state index contributed by atoms with van der Waals surface area (Å²) in [6.45, 7) is 0. The van der Waals surface area contributed by atoms with E-state index >= 15 is 0 Å². The van der Waals surface area contributed by atoms with Crippen LogP contribution in [0.4, 0.5) is 0 Å². The van der Waals surface area contributed by atoms with Gasteiger partial charge < -0.3 is 65.0 Å². The molecule has 14 nitrogen and oxygen atoms in total. The smallest absolute Gasteiger partial charge is 0.414 e. The number of hydrogen-bond acceptors (Lipinski definition) is 2. The molecule has 0 heterocycles. The minimum Gasteiger partial charge on any atom is -0.473 e. The number of carboxylic acid groups (broad SMARTS) is 2. The van der Waals surface area contributed by atoms with Gasteiger partial charge in [-0.3, -0.25) is 0 Å². The van der Waals surface area contributed by atoms with Crippen LogP contribution in [0.25, 0.3) is 0 Å². The molecule has 0 saturated carbocycles. The quantitative estimate of drug-likeness (QED) is 0.360. The van der Waals surface area contributed by atoms with Gasteiger partial charge in [0.25, 0.3) is 0 Å². The average molecular weight is 421 g/mol. The van der Waals surface area contributed by atoms with E-state index in [1.807, 2.05) is 0 Å². The predicted molar refractivity (Wildman–Crippen MR) is 51.4 cm³/mol. The van der Waals surface area contributed by atoms with Gasteiger partial charge >= 0.3 is 11.9 Å². The molecule has 0 aromatic rings. The van der Waals surface area contributed by atoms with E-state index in [0.29, 0.717) is 0 Å². The van der Waals surface area contributed by atoms with E-state index in [1.54, 1.807) is 0 Å². The van der Waals surface area contributed by atoms with Gasteiger partial charge in [0.05, 0.1) is 0 Å². The van der Waals surface area contributed by atoms with Gasteiger partial charge in [0, 0.05) is 40.4 Å². The Bertz CT molecular complexity index is 80.2. The van der Waals surface area contributed by atoms with Crippen LogP contribution in [0, 0.1) is 40.4 Å². The maximum atomic E-state index is 9.10. The molecule has 0 aromatic carbocycles. The van der Waals surface area contributed by atoms with Crippen molar-refractivity contribution in [2.45, 2.75) is 0 Å². The van der Waals surface area contributed by atoms with Crippen molar-refractivity contribution in [1.29, 1.82) is 0 Å². The molecule has 0 rings (SSSR count). The molecule has 15 heteroatoms. The number of aliphatic carboxylic acids is 2. The van der Waals surface area contributed by atoms with Crippen molar-refractivity contribution in [3.05, 3.63) is 0 Å². The molecule has 0 aliphatic carbocycles. The number of rotatable bonds is 0. The first-order chi connectivity index (χ1) is 2.64. The first-order valence-electron chi connectivity index (χ1n) is 1.11. The van der Waals surface area contributed by atoms with Crippen molar-refractivity contribution in [3.8, 4) is 0 Å². The van der Waals surface area contributed by atoms with Crippen LogP contribution in [0.2, 0.25) is 0 Å². The summed E-state index contributed by atoms with van der Waals surface area (Å²) in [6.07, 6.45) is 0. The maximum Gasteiger partial charge on any atom is 0.414 e. The second kappa shape index (κ2) is 102. The van der Waals surface area contributed by atoms with Crippen molar-refractivity contribution in [3.63, 3.8) is 0 Å². The van der Waals surface area contributed by atoms with Crippen LogP contribution in [0.1, 0.15) is 0 Å². The predicted octanol–water partition coefficient (Wildman–Crippen LogP) is -9.09. The van der Waals surface area contributed by atoms with Crippen LogP contribution in [0.5, 0.6) is 0 Å². The normalized spacial score (nSPS) is 2.59. The molecule has 0 unspecified atom stereocenters. The third-order valence-corrected chi connectivity index (χ3v) is 0.183. The van der Waals surface area contributed by atoms with Gasteiger partial charge in [0.2, 0.25) is 0 Å². The third kappa shape index (κ3) is 203. The molecule has 22 N–H and O–H groups in total. The molecule has 0 bridgehead atoms. The summed E-state index contributed by atoms with van der Waals surface area (Å²) in [7, 11) is 0. The summed E-state index contributed by atoms with van der Waals surface area (Å²) < 4.78 is 0. The fourth-order valence-electron chi connectivity index (χ4n) is 0. The maximum absolute atomic E-state index is 9.10. The fraction of sp³-hybridized carbons (Fsp3) is 0. The van der Waals surface area contributed by atoms with Crippen LogP contribution in [-0.4, -0.2) is 76.9 Å². The Labute approximate surface area is 126 Å². The molecular formula is C2H22O14Sm. The monoisotopic (exact) mass is 422 g/mol. The standard InChI is InChI=1S/C2H2O4.10H2O.Sm/c3-1(4)2(5)6;;;;;;;;;;;/h(H,3,4)(H,5,6);10*1H2;. The molecule has 0 aliphatic heterocycles. The summed E-state index contributed by atoms with van der Waals surface area (Å²) in [5.74, 6) is -3.65. The zero-order valence-corrected chi connectivity index (χ0v) is 10.7. The van der Waals surface area contributed by atoms with E-state index in [-0.39, 0.29) is 95.2 Å². The van der Waals surface area contributed by atoms with Crippen LogP contribution >= 0.6 is 0 Å². The molecule has 0 saturated heterocycles. The Hall–Kier alpha value is -0.122. The first kappa shape index (κ1) is 179. The largest absolute Gasteiger partial charge is 0.473 e. The molecule has 0 fully saturated rings. The number of carboxylic acids is 2. The van der Waals surface area contributed by atoms with Gasteiger partial charge in [-0.05, 0) is 0 Å². The van der Waals surface area contributed by atoms with Crippen molar-refractivity contribution >= 4 is 11.9 Å². The minimum absolute atomic E-state index is 0. The van der Waals surface area contributed by atoms with E-state index in [2.05, 4.69) is 0 Å². The van der Waals surface area contributed by atoms with Crippen LogP contribution in [0.15, 0.2) is 0 Å². The minimum atomic E-state index is -1.82. The molecule has 0 amide bonds. The molecule has 0 atom stereocenters. The Morgan fingerprint density at radius 3 is 0.529 bits per heavy atom. The van der Waals surface area contributed by atoms with E-state index in [9.17, 15) is 0 Å². The second-order valence-electron chi connectivity index (χ2n) is 0.610. The topological polar surface area (TPSA) is 390 Å². The molecule has 0 spiro atoms. The summed E-state index contributed by atoms with van der Waals surface area (Å²) in [5, 5.41) is 14.8.